The van der Waals surface area contributed by atoms with Gasteiger partial charge in [0.25, 0.3) is 5.91 Å². The highest BCUT2D eigenvalue weighted by Crippen LogP contribution is 2.36. The van der Waals surface area contributed by atoms with Crippen LogP contribution in [-0.4, -0.2) is 18.1 Å². The standard InChI is InChI=1S/C28H18BrClN2O4S/c1-35-25-21(12-15-6-2-4-8-18(15)24(25)29)26(33)32-28(37)31-17-10-11-19(22(30)14-17)20-13-16-7-3-5-9-23(16)36-27(20)34/h2-14H,1H3,(H2,31,32,33,37). The number of thiocarbonyl (C=S) groups is 1. The quantitative estimate of drug-likeness (QED) is 0.170. The third kappa shape index (κ3) is 4.96. The fraction of sp³-hybridized carbons (Fsp3) is 0.0357. The molecule has 9 heteroatoms. The Bertz CT molecular complexity index is 1770. The average Bonchev–Trinajstić information content (AvgIpc) is 2.88. The smallest absolute Gasteiger partial charge is 0.344 e. The van der Waals surface area contributed by atoms with Crippen LogP contribution in [0, 0.1) is 0 Å². The first-order chi connectivity index (χ1) is 17.9. The van der Waals surface area contributed by atoms with E-state index in [2.05, 4.69) is 26.6 Å². The summed E-state index contributed by atoms with van der Waals surface area (Å²) in [6.45, 7) is 0. The predicted octanol–water partition coefficient (Wildman–Crippen LogP) is 7.16. The third-order valence-electron chi connectivity index (χ3n) is 5.78. The second-order valence-corrected chi connectivity index (χ2v) is 9.69. The van der Waals surface area contributed by atoms with Crippen molar-refractivity contribution in [3.63, 3.8) is 0 Å². The van der Waals surface area contributed by atoms with Gasteiger partial charge in [0.2, 0.25) is 0 Å². The molecule has 0 saturated carbocycles. The molecule has 2 N–H and O–H groups in total. The number of nitrogens with one attached hydrogen (secondary N) is 2. The summed E-state index contributed by atoms with van der Waals surface area (Å²) in [6.07, 6.45) is 0. The highest BCUT2D eigenvalue weighted by atomic mass is 79.9. The fourth-order valence-corrected chi connectivity index (χ4v) is 5.28. The molecule has 0 spiro atoms. The number of rotatable bonds is 4. The molecule has 1 heterocycles. The van der Waals surface area contributed by atoms with Crippen LogP contribution in [0.1, 0.15) is 10.4 Å². The van der Waals surface area contributed by atoms with Crippen LogP contribution in [0.2, 0.25) is 5.02 Å². The Labute approximate surface area is 230 Å². The molecular weight excluding hydrogens is 576 g/mol. The fourth-order valence-electron chi connectivity index (χ4n) is 4.05. The largest absolute Gasteiger partial charge is 0.495 e. The molecule has 0 aliphatic heterocycles. The van der Waals surface area contributed by atoms with Gasteiger partial charge < -0.3 is 14.5 Å². The van der Waals surface area contributed by atoms with Crippen LogP contribution in [-0.2, 0) is 0 Å². The highest BCUT2D eigenvalue weighted by molar-refractivity contribution is 9.10. The van der Waals surface area contributed by atoms with Crippen molar-refractivity contribution in [1.29, 1.82) is 0 Å². The summed E-state index contributed by atoms with van der Waals surface area (Å²) in [5.41, 5.74) is 1.75. The van der Waals surface area contributed by atoms with Crippen LogP contribution >= 0.6 is 39.7 Å². The number of halogens is 2. The number of hydrogen-bond acceptors (Lipinski definition) is 5. The minimum absolute atomic E-state index is 0.0744. The average molecular weight is 594 g/mol. The van der Waals surface area contributed by atoms with Crippen molar-refractivity contribution in [1.82, 2.24) is 5.32 Å². The Morgan fingerprint density at radius 2 is 1.70 bits per heavy atom. The van der Waals surface area contributed by atoms with Crippen molar-refractivity contribution in [2.24, 2.45) is 0 Å². The number of ether oxygens (including phenoxy) is 1. The van der Waals surface area contributed by atoms with Crippen LogP contribution in [0.4, 0.5) is 5.69 Å². The van der Waals surface area contributed by atoms with E-state index in [9.17, 15) is 9.59 Å². The second kappa shape index (κ2) is 10.3. The summed E-state index contributed by atoms with van der Waals surface area (Å²) in [5, 5.41) is 8.62. The summed E-state index contributed by atoms with van der Waals surface area (Å²) < 4.78 is 11.6. The molecule has 0 radical (unpaired) electrons. The maximum atomic E-state index is 13.1. The molecule has 1 amide bonds. The molecule has 0 bridgehead atoms. The number of para-hydroxylation sites is 1. The molecule has 0 unspecified atom stereocenters. The number of hydrogen-bond donors (Lipinski definition) is 2. The van der Waals surface area contributed by atoms with Gasteiger partial charge in [-0.05, 0) is 69.3 Å². The highest BCUT2D eigenvalue weighted by Gasteiger charge is 2.19. The molecule has 0 aliphatic rings. The first-order valence-electron chi connectivity index (χ1n) is 11.1. The zero-order valence-corrected chi connectivity index (χ0v) is 22.5. The molecule has 6 nitrogen and oxygen atoms in total. The van der Waals surface area contributed by atoms with Gasteiger partial charge in [-0.25, -0.2) is 4.79 Å². The third-order valence-corrected chi connectivity index (χ3v) is 7.08. The molecule has 0 fully saturated rings. The molecule has 4 aromatic carbocycles. The van der Waals surface area contributed by atoms with Crippen LogP contribution < -0.4 is 21.0 Å². The van der Waals surface area contributed by atoms with Crippen molar-refractivity contribution < 1.29 is 13.9 Å². The van der Waals surface area contributed by atoms with Crippen molar-refractivity contribution in [2.45, 2.75) is 0 Å². The molecule has 5 rings (SSSR count). The molecule has 5 aromatic rings. The topological polar surface area (TPSA) is 80.6 Å². The van der Waals surface area contributed by atoms with Gasteiger partial charge in [-0.3, -0.25) is 10.1 Å². The predicted molar refractivity (Wildman–Crippen MR) is 155 cm³/mol. The Kier molecular flexibility index (Phi) is 6.97. The first kappa shape index (κ1) is 25.0. The maximum absolute atomic E-state index is 13.1. The first-order valence-corrected chi connectivity index (χ1v) is 12.6. The maximum Gasteiger partial charge on any atom is 0.344 e. The van der Waals surface area contributed by atoms with E-state index in [0.29, 0.717) is 43.2 Å². The van der Waals surface area contributed by atoms with Gasteiger partial charge in [0.1, 0.15) is 11.3 Å². The Morgan fingerprint density at radius 1 is 0.973 bits per heavy atom. The lowest BCUT2D eigenvalue weighted by molar-refractivity contribution is 0.0975. The minimum atomic E-state index is -0.486. The number of fused-ring (bicyclic) bond motifs is 2. The van der Waals surface area contributed by atoms with E-state index in [1.54, 1.807) is 42.5 Å². The second-order valence-electron chi connectivity index (χ2n) is 8.08. The van der Waals surface area contributed by atoms with E-state index < -0.39 is 11.5 Å². The van der Waals surface area contributed by atoms with Crippen LogP contribution in [0.3, 0.4) is 0 Å². The molecule has 0 atom stereocenters. The normalized spacial score (nSPS) is 10.9. The lowest BCUT2D eigenvalue weighted by Gasteiger charge is -2.15. The number of carbonyl (C=O) groups is 1. The Morgan fingerprint density at radius 3 is 2.46 bits per heavy atom. The zero-order valence-electron chi connectivity index (χ0n) is 19.3. The molecule has 37 heavy (non-hydrogen) atoms. The zero-order chi connectivity index (χ0) is 26.1. The number of carbonyl (C=O) groups excluding carboxylic acids is 1. The van der Waals surface area contributed by atoms with E-state index >= 15 is 0 Å². The van der Waals surface area contributed by atoms with Gasteiger partial charge in [-0.1, -0.05) is 60.1 Å². The van der Waals surface area contributed by atoms with Gasteiger partial charge in [0, 0.05) is 16.6 Å². The van der Waals surface area contributed by atoms with Gasteiger partial charge in [0.15, 0.2) is 5.11 Å². The van der Waals surface area contributed by atoms with Crippen LogP contribution in [0.15, 0.2) is 92.5 Å². The van der Waals surface area contributed by atoms with Crippen molar-refractivity contribution in [3.05, 3.63) is 104 Å². The summed E-state index contributed by atoms with van der Waals surface area (Å²) in [6, 6.07) is 23.4. The van der Waals surface area contributed by atoms with E-state index in [1.807, 2.05) is 36.4 Å². The SMILES string of the molecule is COc1c(C(=O)NC(=S)Nc2ccc(-c3cc4ccccc4oc3=O)c(Cl)c2)cc2ccccc2c1Br. The summed E-state index contributed by atoms with van der Waals surface area (Å²) in [7, 11) is 1.50. The van der Waals surface area contributed by atoms with Gasteiger partial charge in [-0.2, -0.15) is 0 Å². The van der Waals surface area contributed by atoms with E-state index in [0.717, 1.165) is 16.2 Å². The molecule has 0 saturated heterocycles. The van der Waals surface area contributed by atoms with E-state index in [-0.39, 0.29) is 5.11 Å². The molecular formula is C28H18BrClN2O4S. The molecule has 184 valence electrons. The lowest BCUT2D eigenvalue weighted by Crippen LogP contribution is -2.34. The van der Waals surface area contributed by atoms with E-state index in [1.165, 1.54) is 7.11 Å². The monoisotopic (exact) mass is 592 g/mol. The molecule has 0 aliphatic carbocycles. The summed E-state index contributed by atoms with van der Waals surface area (Å²) >= 11 is 15.4. The Hall–Kier alpha value is -3.72. The van der Waals surface area contributed by atoms with Crippen molar-refractivity contribution >= 4 is 78.2 Å². The van der Waals surface area contributed by atoms with E-state index in [4.69, 9.17) is 33.0 Å². The van der Waals surface area contributed by atoms with Crippen molar-refractivity contribution in [2.75, 3.05) is 12.4 Å². The summed E-state index contributed by atoms with van der Waals surface area (Å²) in [5.74, 6) is -0.0297. The number of benzene rings is 4. The lowest BCUT2D eigenvalue weighted by atomic mass is 10.1. The molecule has 1 aromatic heterocycles. The van der Waals surface area contributed by atoms with Crippen LogP contribution in [0.5, 0.6) is 5.75 Å². The number of amides is 1. The number of methoxy groups -OCH3 is 1. The number of anilines is 1. The van der Waals surface area contributed by atoms with Gasteiger partial charge >= 0.3 is 5.63 Å². The van der Waals surface area contributed by atoms with Gasteiger partial charge in [0.05, 0.1) is 27.7 Å². The minimum Gasteiger partial charge on any atom is -0.495 e. The van der Waals surface area contributed by atoms with Crippen molar-refractivity contribution in [3.8, 4) is 16.9 Å². The Balaban J connectivity index is 1.36. The van der Waals surface area contributed by atoms with Crippen LogP contribution in [0.25, 0.3) is 32.9 Å². The summed E-state index contributed by atoms with van der Waals surface area (Å²) in [4.78, 5) is 25.6. The van der Waals surface area contributed by atoms with Gasteiger partial charge in [-0.15, -0.1) is 0 Å².